The first-order valence-corrected chi connectivity index (χ1v) is 13.7. The summed E-state index contributed by atoms with van der Waals surface area (Å²) in [5, 5.41) is 13.2. The molecule has 1 heterocycles. The Kier molecular flexibility index (Phi) is 9.18. The van der Waals surface area contributed by atoms with Crippen molar-refractivity contribution >= 4 is 29.3 Å². The lowest BCUT2D eigenvalue weighted by Gasteiger charge is -2.45. The first kappa shape index (κ1) is 29.6. The van der Waals surface area contributed by atoms with Gasteiger partial charge >= 0.3 is 6.09 Å². The second kappa shape index (κ2) is 11.8. The third-order valence-corrected chi connectivity index (χ3v) is 7.78. The number of hydrogen-bond acceptors (Lipinski definition) is 4. The average molecular weight is 545 g/mol. The molecule has 1 aliphatic carbocycles. The van der Waals surface area contributed by atoms with Gasteiger partial charge in [-0.25, -0.2) is 4.79 Å². The van der Waals surface area contributed by atoms with Crippen molar-refractivity contribution in [1.29, 1.82) is 0 Å². The van der Waals surface area contributed by atoms with Crippen LogP contribution in [0, 0.1) is 20.8 Å². The van der Waals surface area contributed by atoms with Gasteiger partial charge < -0.3 is 25.2 Å². The zero-order chi connectivity index (χ0) is 28.4. The number of nitrogens with zero attached hydrogens (tertiary/aromatic N) is 2. The fraction of sp³-hybridized carbons (Fsp3) is 0.552. The first-order valence-electron chi connectivity index (χ1n) is 13.3. The van der Waals surface area contributed by atoms with Crippen molar-refractivity contribution < 1.29 is 14.7 Å². The highest BCUT2D eigenvalue weighted by Gasteiger charge is 2.37. The fourth-order valence-corrected chi connectivity index (χ4v) is 6.02. The minimum atomic E-state index is -0.877. The van der Waals surface area contributed by atoms with E-state index in [0.29, 0.717) is 16.1 Å². The van der Waals surface area contributed by atoms with E-state index >= 15 is 0 Å². The maximum absolute atomic E-state index is 13.2. The van der Waals surface area contributed by atoms with Crippen LogP contribution in [0.1, 0.15) is 86.1 Å². The Hall–Kier alpha value is -3.00. The summed E-state index contributed by atoms with van der Waals surface area (Å²) in [4.78, 5) is 44.2. The molecule has 0 spiro atoms. The van der Waals surface area contributed by atoms with Crippen LogP contribution in [0.3, 0.4) is 0 Å². The van der Waals surface area contributed by atoms with Crippen LogP contribution < -0.4 is 15.8 Å². The molecule has 0 radical (unpaired) electrons. The van der Waals surface area contributed by atoms with Gasteiger partial charge in [0.1, 0.15) is 0 Å². The van der Waals surface area contributed by atoms with Crippen LogP contribution in [0.15, 0.2) is 23.0 Å². The molecule has 3 rings (SSSR count). The summed E-state index contributed by atoms with van der Waals surface area (Å²) in [5.41, 5.74) is 3.69. The second-order valence-corrected chi connectivity index (χ2v) is 11.7. The Bertz CT molecular complexity index is 1240. The third-order valence-electron chi connectivity index (χ3n) is 7.56. The van der Waals surface area contributed by atoms with Crippen LogP contribution >= 0.6 is 11.6 Å². The number of amides is 2. The Morgan fingerprint density at radius 2 is 1.68 bits per heavy atom. The van der Waals surface area contributed by atoms with Gasteiger partial charge in [0.25, 0.3) is 11.5 Å². The van der Waals surface area contributed by atoms with Crippen molar-refractivity contribution in [3.8, 4) is 0 Å². The normalized spacial score (nSPS) is 17.7. The summed E-state index contributed by atoms with van der Waals surface area (Å²) in [6, 6.07) is 5.65. The highest BCUT2D eigenvalue weighted by molar-refractivity contribution is 6.31. The number of anilines is 1. The molecule has 0 unspecified atom stereocenters. The average Bonchev–Trinajstić information content (AvgIpc) is 2.80. The van der Waals surface area contributed by atoms with Crippen molar-refractivity contribution in [2.75, 3.05) is 11.4 Å². The van der Waals surface area contributed by atoms with E-state index in [9.17, 15) is 19.5 Å². The Morgan fingerprint density at radius 3 is 2.21 bits per heavy atom. The minimum absolute atomic E-state index is 0.0161. The van der Waals surface area contributed by atoms with E-state index in [-0.39, 0.29) is 30.1 Å². The molecule has 0 aliphatic heterocycles. The number of halogens is 1. The number of pyridine rings is 1. The van der Waals surface area contributed by atoms with Crippen molar-refractivity contribution in [1.82, 2.24) is 15.2 Å². The highest BCUT2D eigenvalue weighted by Crippen LogP contribution is 2.35. The molecular formula is C29H41ClN4O4. The molecule has 3 N–H and O–H groups in total. The number of hydrogen-bond donors (Lipinski definition) is 3. The van der Waals surface area contributed by atoms with E-state index in [1.165, 1.54) is 0 Å². The molecule has 0 saturated heterocycles. The minimum Gasteiger partial charge on any atom is -0.465 e. The van der Waals surface area contributed by atoms with Gasteiger partial charge in [-0.1, -0.05) is 11.6 Å². The number of carbonyl (C=O) groups excluding carboxylic acids is 1. The Balaban J connectivity index is 1.80. The van der Waals surface area contributed by atoms with Gasteiger partial charge in [0.05, 0.1) is 0 Å². The number of carboxylic acid groups (broad SMARTS) is 1. The molecule has 8 nitrogen and oxygen atoms in total. The molecule has 2 aromatic rings. The number of aromatic amines is 1. The molecule has 208 valence electrons. The second-order valence-electron chi connectivity index (χ2n) is 11.3. The van der Waals surface area contributed by atoms with Crippen LogP contribution in [0.2, 0.25) is 5.02 Å². The fourth-order valence-electron chi connectivity index (χ4n) is 5.81. The van der Waals surface area contributed by atoms with Crippen LogP contribution in [0.4, 0.5) is 10.5 Å². The molecule has 9 heteroatoms. The first-order chi connectivity index (χ1) is 17.7. The summed E-state index contributed by atoms with van der Waals surface area (Å²) in [6.45, 7) is 14.3. The third kappa shape index (κ3) is 6.52. The predicted octanol–water partition coefficient (Wildman–Crippen LogP) is 5.80. The molecule has 1 aromatic heterocycles. The summed E-state index contributed by atoms with van der Waals surface area (Å²) in [5.74, 6) is -0.285. The van der Waals surface area contributed by atoms with E-state index in [4.69, 9.17) is 11.6 Å². The zero-order valence-corrected chi connectivity index (χ0v) is 24.3. The topological polar surface area (TPSA) is 106 Å². The van der Waals surface area contributed by atoms with Gasteiger partial charge in [0, 0.05) is 58.2 Å². The quantitative estimate of drug-likeness (QED) is 0.408. The monoisotopic (exact) mass is 544 g/mol. The lowest BCUT2D eigenvalue weighted by atomic mass is 9.86. The molecule has 1 aliphatic rings. The van der Waals surface area contributed by atoms with Gasteiger partial charge in [0.15, 0.2) is 0 Å². The smallest absolute Gasteiger partial charge is 0.407 e. The van der Waals surface area contributed by atoms with Crippen molar-refractivity contribution in [3.05, 3.63) is 61.5 Å². The van der Waals surface area contributed by atoms with Gasteiger partial charge in [-0.3, -0.25) is 9.59 Å². The summed E-state index contributed by atoms with van der Waals surface area (Å²) >= 11 is 6.51. The molecule has 1 aromatic carbocycles. The molecule has 38 heavy (non-hydrogen) atoms. The van der Waals surface area contributed by atoms with E-state index in [1.807, 2.05) is 53.7 Å². The lowest BCUT2D eigenvalue weighted by molar-refractivity contribution is 0.0545. The zero-order valence-electron chi connectivity index (χ0n) is 23.6. The summed E-state index contributed by atoms with van der Waals surface area (Å²) in [7, 11) is 0. The Morgan fingerprint density at radius 1 is 1.08 bits per heavy atom. The van der Waals surface area contributed by atoms with Gasteiger partial charge in [0.2, 0.25) is 0 Å². The molecule has 1 saturated carbocycles. The molecule has 1 fully saturated rings. The number of rotatable bonds is 7. The standard InChI is InChI=1S/C29H41ClN4O4/c1-8-33(21-9-11-22(12-10-21)34(28(37)38)29(5,6)7)25-15-20(30)14-23(19(25)4)26(35)31-16-24-17(2)13-18(3)32-27(24)36/h13-15,21-22H,8-12,16H2,1-7H3,(H,31,35)(H,32,36)(H,37,38)/t21-,22-. The summed E-state index contributed by atoms with van der Waals surface area (Å²) < 4.78 is 0. The highest BCUT2D eigenvalue weighted by atomic mass is 35.5. The van der Waals surface area contributed by atoms with E-state index in [0.717, 1.165) is 54.7 Å². The number of nitrogens with one attached hydrogen (secondary N) is 2. The molecule has 2 amide bonds. The number of carbonyl (C=O) groups is 2. The van der Waals surface area contributed by atoms with E-state index < -0.39 is 11.6 Å². The molecule has 0 atom stereocenters. The van der Waals surface area contributed by atoms with Gasteiger partial charge in [-0.15, -0.1) is 0 Å². The molecular weight excluding hydrogens is 504 g/mol. The van der Waals surface area contributed by atoms with Crippen LogP contribution in [0.25, 0.3) is 0 Å². The van der Waals surface area contributed by atoms with Crippen LogP contribution in [0.5, 0.6) is 0 Å². The van der Waals surface area contributed by atoms with Gasteiger partial charge in [-0.05, 0) is 103 Å². The predicted molar refractivity (Wildman–Crippen MR) is 153 cm³/mol. The van der Waals surface area contributed by atoms with Gasteiger partial charge in [-0.2, -0.15) is 0 Å². The largest absolute Gasteiger partial charge is 0.465 e. The lowest BCUT2D eigenvalue weighted by Crippen LogP contribution is -2.53. The Labute approximate surface area is 230 Å². The number of aromatic nitrogens is 1. The van der Waals surface area contributed by atoms with Crippen molar-refractivity contribution in [2.45, 2.75) is 98.3 Å². The maximum Gasteiger partial charge on any atom is 0.407 e. The van der Waals surface area contributed by atoms with E-state index in [1.54, 1.807) is 11.0 Å². The van der Waals surface area contributed by atoms with E-state index in [2.05, 4.69) is 22.1 Å². The maximum atomic E-state index is 13.2. The van der Waals surface area contributed by atoms with Crippen LogP contribution in [-0.4, -0.2) is 51.2 Å². The van der Waals surface area contributed by atoms with Crippen molar-refractivity contribution in [2.24, 2.45) is 0 Å². The SMILES string of the molecule is CCN(c1cc(Cl)cc(C(=O)NCc2c(C)cc(C)[nH]c2=O)c1C)[C@H]1CC[C@H](N(C(=O)O)C(C)(C)C)CC1. The number of H-pyrrole nitrogens is 1. The molecule has 0 bridgehead atoms. The van der Waals surface area contributed by atoms with Crippen molar-refractivity contribution in [3.63, 3.8) is 0 Å². The van der Waals surface area contributed by atoms with Crippen LogP contribution in [-0.2, 0) is 6.54 Å². The number of benzene rings is 1. The summed E-state index contributed by atoms with van der Waals surface area (Å²) in [6.07, 6.45) is 2.38. The number of aryl methyl sites for hydroxylation is 2.